The van der Waals surface area contributed by atoms with Crippen molar-refractivity contribution in [3.8, 4) is 0 Å². The Bertz CT molecular complexity index is 1310. The van der Waals surface area contributed by atoms with E-state index in [4.69, 9.17) is 9.47 Å². The Morgan fingerprint density at radius 2 is 1.32 bits per heavy atom. The van der Waals surface area contributed by atoms with Crippen LogP contribution in [0.15, 0.2) is 103 Å². The van der Waals surface area contributed by atoms with Gasteiger partial charge in [0.15, 0.2) is 5.78 Å². The van der Waals surface area contributed by atoms with Gasteiger partial charge in [-0.1, -0.05) is 105 Å². The zero-order valence-electron chi connectivity index (χ0n) is 22.8. The molecule has 0 aliphatic rings. The van der Waals surface area contributed by atoms with E-state index in [-0.39, 0.29) is 30.5 Å². The Morgan fingerprint density at radius 1 is 0.775 bits per heavy atom. The molecule has 0 fully saturated rings. The average molecular weight is 543 g/mol. The number of hydrogen-bond acceptors (Lipinski definition) is 6. The van der Waals surface area contributed by atoms with Gasteiger partial charge in [0.25, 0.3) is 0 Å². The Balaban J connectivity index is 1.69. The van der Waals surface area contributed by atoms with Gasteiger partial charge >= 0.3 is 12.1 Å². The van der Waals surface area contributed by atoms with Gasteiger partial charge in [-0.05, 0) is 24.0 Å². The van der Waals surface area contributed by atoms with Crippen molar-refractivity contribution in [1.82, 2.24) is 10.6 Å². The van der Waals surface area contributed by atoms with Crippen LogP contribution in [-0.2, 0) is 32.1 Å². The van der Waals surface area contributed by atoms with Gasteiger partial charge in [0, 0.05) is 18.1 Å². The Kier molecular flexibility index (Phi) is 11.2. The van der Waals surface area contributed by atoms with Crippen molar-refractivity contribution >= 4 is 23.8 Å². The van der Waals surface area contributed by atoms with E-state index in [9.17, 15) is 19.2 Å². The lowest BCUT2D eigenvalue weighted by atomic mass is 10.0. The minimum atomic E-state index is -1.08. The van der Waals surface area contributed by atoms with E-state index >= 15 is 0 Å². The van der Waals surface area contributed by atoms with E-state index in [1.807, 2.05) is 60.7 Å². The third kappa shape index (κ3) is 9.54. The van der Waals surface area contributed by atoms with E-state index in [1.165, 1.54) is 13.0 Å². The maximum absolute atomic E-state index is 13.3. The van der Waals surface area contributed by atoms with Crippen molar-refractivity contribution in [2.75, 3.05) is 0 Å². The first-order chi connectivity index (χ1) is 19.2. The van der Waals surface area contributed by atoms with Crippen molar-refractivity contribution in [2.24, 2.45) is 5.92 Å². The second-order valence-corrected chi connectivity index (χ2v) is 9.59. The first kappa shape index (κ1) is 29.8. The van der Waals surface area contributed by atoms with Crippen LogP contribution in [0.25, 0.3) is 0 Å². The highest BCUT2D eigenvalue weighted by Crippen LogP contribution is 2.11. The summed E-state index contributed by atoms with van der Waals surface area (Å²) in [5.74, 6) is -1.82. The molecule has 0 saturated carbocycles. The van der Waals surface area contributed by atoms with Crippen LogP contribution >= 0.6 is 0 Å². The molecule has 0 aliphatic carbocycles. The number of hydrogen-bond donors (Lipinski definition) is 2. The molecule has 3 aromatic rings. The van der Waals surface area contributed by atoms with Crippen LogP contribution in [0.3, 0.4) is 0 Å². The number of benzene rings is 3. The molecule has 2 atom stereocenters. The zero-order chi connectivity index (χ0) is 28.9. The Labute approximate surface area is 234 Å². The van der Waals surface area contributed by atoms with Gasteiger partial charge in [0.1, 0.15) is 24.4 Å². The van der Waals surface area contributed by atoms with Gasteiger partial charge in [-0.25, -0.2) is 9.59 Å². The highest BCUT2D eigenvalue weighted by molar-refractivity contribution is 6.04. The third-order valence-corrected chi connectivity index (χ3v) is 5.97. The number of ketones is 1. The zero-order valence-corrected chi connectivity index (χ0v) is 22.8. The molecule has 0 saturated heterocycles. The molecule has 0 unspecified atom stereocenters. The lowest BCUT2D eigenvalue weighted by Gasteiger charge is -2.25. The standard InChI is InChI=1S/C32H34N2O6/c1-22(2)29(34-32(38)39-21-25-15-9-5-10-16-25)30(36)33-27(20-24-13-7-4-8-14-24)31(37)40-23(3)19-28(35)26-17-11-6-12-18-26/h4-19,22,27,29H,20-21H2,1-3H3,(H,33,36)(H,34,38)/t27-,29-/m0/s1. The summed E-state index contributed by atoms with van der Waals surface area (Å²) in [5, 5.41) is 5.32. The van der Waals surface area contributed by atoms with Crippen molar-refractivity contribution in [3.63, 3.8) is 0 Å². The van der Waals surface area contributed by atoms with Crippen molar-refractivity contribution in [1.29, 1.82) is 0 Å². The molecule has 2 N–H and O–H groups in total. The maximum atomic E-state index is 13.3. The van der Waals surface area contributed by atoms with Crippen LogP contribution in [0.4, 0.5) is 4.79 Å². The van der Waals surface area contributed by atoms with Crippen LogP contribution in [0, 0.1) is 5.92 Å². The molecule has 0 spiro atoms. The molecule has 0 radical (unpaired) electrons. The first-order valence-electron chi connectivity index (χ1n) is 13.0. The number of rotatable bonds is 12. The van der Waals surface area contributed by atoms with Crippen LogP contribution in [-0.4, -0.2) is 35.8 Å². The van der Waals surface area contributed by atoms with Crippen LogP contribution < -0.4 is 10.6 Å². The SMILES string of the molecule is CC(=CC(=O)c1ccccc1)OC(=O)[C@H](Cc1ccccc1)NC(=O)[C@@H](NC(=O)OCc1ccccc1)C(C)C. The second kappa shape index (κ2) is 15.0. The number of carbonyl (C=O) groups excluding carboxylic acids is 4. The van der Waals surface area contributed by atoms with Gasteiger partial charge < -0.3 is 20.1 Å². The third-order valence-electron chi connectivity index (χ3n) is 5.97. The van der Waals surface area contributed by atoms with Gasteiger partial charge in [0.2, 0.25) is 5.91 Å². The molecule has 40 heavy (non-hydrogen) atoms. The van der Waals surface area contributed by atoms with Crippen LogP contribution in [0.5, 0.6) is 0 Å². The normalized spacial score (nSPS) is 12.7. The van der Waals surface area contributed by atoms with Crippen molar-refractivity contribution < 1.29 is 28.7 Å². The maximum Gasteiger partial charge on any atom is 0.408 e. The molecule has 3 aromatic carbocycles. The summed E-state index contributed by atoms with van der Waals surface area (Å²) >= 11 is 0. The van der Waals surface area contributed by atoms with Crippen LogP contribution in [0.2, 0.25) is 0 Å². The molecule has 0 aromatic heterocycles. The summed E-state index contributed by atoms with van der Waals surface area (Å²) in [6, 6.07) is 24.9. The summed E-state index contributed by atoms with van der Waals surface area (Å²) in [6.07, 6.45) is 0.628. The van der Waals surface area contributed by atoms with Crippen molar-refractivity contribution in [2.45, 2.75) is 45.9 Å². The van der Waals surface area contributed by atoms with Crippen molar-refractivity contribution in [3.05, 3.63) is 120 Å². The molecular formula is C32H34N2O6. The predicted molar refractivity (Wildman–Crippen MR) is 151 cm³/mol. The van der Waals surface area contributed by atoms with Gasteiger partial charge in [-0.15, -0.1) is 0 Å². The number of allylic oxidation sites excluding steroid dienone is 2. The topological polar surface area (TPSA) is 111 Å². The number of amides is 2. The molecule has 8 nitrogen and oxygen atoms in total. The van der Waals surface area contributed by atoms with E-state index in [0.717, 1.165) is 11.1 Å². The smallest absolute Gasteiger partial charge is 0.408 e. The summed E-state index contributed by atoms with van der Waals surface area (Å²) in [5.41, 5.74) is 2.06. The Morgan fingerprint density at radius 3 is 1.90 bits per heavy atom. The van der Waals surface area contributed by atoms with Gasteiger partial charge in [-0.2, -0.15) is 0 Å². The first-order valence-corrected chi connectivity index (χ1v) is 13.0. The molecule has 208 valence electrons. The molecule has 3 rings (SSSR count). The monoisotopic (exact) mass is 542 g/mol. The molecule has 2 amide bonds. The summed E-state index contributed by atoms with van der Waals surface area (Å²) < 4.78 is 10.7. The lowest BCUT2D eigenvalue weighted by Crippen LogP contribution is -2.54. The lowest BCUT2D eigenvalue weighted by molar-refractivity contribution is -0.144. The Hall–Kier alpha value is -4.72. The summed E-state index contributed by atoms with van der Waals surface area (Å²) in [4.78, 5) is 51.4. The highest BCUT2D eigenvalue weighted by Gasteiger charge is 2.30. The molecule has 0 heterocycles. The fourth-order valence-electron chi connectivity index (χ4n) is 3.86. The second-order valence-electron chi connectivity index (χ2n) is 9.59. The van der Waals surface area contributed by atoms with E-state index in [0.29, 0.717) is 5.56 Å². The van der Waals surface area contributed by atoms with Gasteiger partial charge in [-0.3, -0.25) is 9.59 Å². The molecule has 0 aliphatic heterocycles. The summed E-state index contributed by atoms with van der Waals surface area (Å²) in [7, 11) is 0. The van der Waals surface area contributed by atoms with E-state index < -0.39 is 30.1 Å². The number of carbonyl (C=O) groups is 4. The number of ether oxygens (including phenoxy) is 2. The number of esters is 1. The van der Waals surface area contributed by atoms with Gasteiger partial charge in [0.05, 0.1) is 0 Å². The quantitative estimate of drug-likeness (QED) is 0.144. The average Bonchev–Trinajstić information content (AvgIpc) is 2.95. The summed E-state index contributed by atoms with van der Waals surface area (Å²) in [6.45, 7) is 5.10. The molecular weight excluding hydrogens is 508 g/mol. The van der Waals surface area contributed by atoms with Crippen LogP contribution in [0.1, 0.15) is 42.3 Å². The fourth-order valence-corrected chi connectivity index (χ4v) is 3.86. The fraction of sp³-hybridized carbons (Fsp3) is 0.250. The highest BCUT2D eigenvalue weighted by atomic mass is 16.5. The molecule has 0 bridgehead atoms. The number of alkyl carbamates (subject to hydrolysis) is 1. The largest absolute Gasteiger partial charge is 0.445 e. The molecule has 8 heteroatoms. The van der Waals surface area contributed by atoms with E-state index in [2.05, 4.69) is 10.6 Å². The predicted octanol–water partition coefficient (Wildman–Crippen LogP) is 4.99. The minimum Gasteiger partial charge on any atom is -0.445 e. The number of nitrogens with one attached hydrogen (secondary N) is 2. The minimum absolute atomic E-state index is 0.0510. The van der Waals surface area contributed by atoms with E-state index in [1.54, 1.807) is 44.2 Å².